The Morgan fingerprint density at radius 3 is 2.41 bits per heavy atom. The normalized spacial score (nSPS) is 15.1. The lowest BCUT2D eigenvalue weighted by atomic mass is 10.0. The maximum Gasteiger partial charge on any atom is 0.0456 e. The number of nitrogen functional groups attached to an aromatic ring is 1. The van der Waals surface area contributed by atoms with E-state index in [0.717, 1.165) is 43.0 Å². The van der Waals surface area contributed by atoms with Crippen LogP contribution in [0.5, 0.6) is 0 Å². The van der Waals surface area contributed by atoms with Crippen LogP contribution in [0.4, 0.5) is 11.4 Å². The molecule has 22 heavy (non-hydrogen) atoms. The fraction of sp³-hybridized carbons (Fsp3) is 0.294. The zero-order valence-electron chi connectivity index (χ0n) is 12.3. The van der Waals surface area contributed by atoms with E-state index in [1.54, 1.807) is 0 Å². The molecule has 0 unspecified atom stereocenters. The molecule has 0 saturated carbocycles. The minimum atomic E-state index is 0.643. The Kier molecular flexibility index (Phi) is 4.77. The number of halogens is 2. The summed E-state index contributed by atoms with van der Waals surface area (Å²) in [5.74, 6) is 0. The molecule has 0 radical (unpaired) electrons. The second kappa shape index (κ2) is 6.78. The third kappa shape index (κ3) is 3.32. The molecule has 5 heteroatoms. The molecule has 0 amide bonds. The van der Waals surface area contributed by atoms with Gasteiger partial charge in [-0.3, -0.25) is 0 Å². The van der Waals surface area contributed by atoms with Gasteiger partial charge in [-0.15, -0.1) is 0 Å². The smallest absolute Gasteiger partial charge is 0.0456 e. The van der Waals surface area contributed by atoms with E-state index in [9.17, 15) is 0 Å². The van der Waals surface area contributed by atoms with Crippen molar-refractivity contribution in [1.82, 2.24) is 5.32 Å². The summed E-state index contributed by atoms with van der Waals surface area (Å²) in [6.45, 7) is 4.04. The standard InChI is InChI=1S/C17H19Cl2N3/c18-15-2-1-3-16(19)14(15)11-12-10-13(4-5-17(12)20)22-8-6-21-7-9-22/h1-5,10,21H,6-9,11,20H2. The number of piperazine rings is 1. The summed E-state index contributed by atoms with van der Waals surface area (Å²) in [6, 6.07) is 11.8. The van der Waals surface area contributed by atoms with E-state index in [1.165, 1.54) is 5.69 Å². The van der Waals surface area contributed by atoms with Crippen LogP contribution in [-0.2, 0) is 6.42 Å². The first-order valence-electron chi connectivity index (χ1n) is 7.42. The van der Waals surface area contributed by atoms with Crippen molar-refractivity contribution in [3.05, 3.63) is 57.6 Å². The molecule has 1 fully saturated rings. The monoisotopic (exact) mass is 335 g/mol. The van der Waals surface area contributed by atoms with E-state index in [0.29, 0.717) is 16.5 Å². The van der Waals surface area contributed by atoms with Gasteiger partial charge < -0.3 is 16.0 Å². The number of rotatable bonds is 3. The molecule has 1 saturated heterocycles. The number of nitrogens with zero attached hydrogens (tertiary/aromatic N) is 1. The summed E-state index contributed by atoms with van der Waals surface area (Å²) in [7, 11) is 0. The van der Waals surface area contributed by atoms with Crippen molar-refractivity contribution < 1.29 is 0 Å². The van der Waals surface area contributed by atoms with Crippen LogP contribution < -0.4 is 16.0 Å². The van der Waals surface area contributed by atoms with Crippen LogP contribution in [-0.4, -0.2) is 26.2 Å². The van der Waals surface area contributed by atoms with Gasteiger partial charge in [0.15, 0.2) is 0 Å². The lowest BCUT2D eigenvalue weighted by Crippen LogP contribution is -2.43. The number of nitrogens with one attached hydrogen (secondary N) is 1. The van der Waals surface area contributed by atoms with Crippen LogP contribution in [0.25, 0.3) is 0 Å². The SMILES string of the molecule is Nc1ccc(N2CCNCC2)cc1Cc1c(Cl)cccc1Cl. The van der Waals surface area contributed by atoms with E-state index >= 15 is 0 Å². The molecule has 0 atom stereocenters. The molecule has 1 heterocycles. The zero-order chi connectivity index (χ0) is 15.5. The van der Waals surface area contributed by atoms with Gasteiger partial charge in [-0.25, -0.2) is 0 Å². The molecule has 0 bridgehead atoms. The summed E-state index contributed by atoms with van der Waals surface area (Å²) in [5.41, 5.74) is 10.1. The molecule has 3 nitrogen and oxygen atoms in total. The largest absolute Gasteiger partial charge is 0.398 e. The minimum Gasteiger partial charge on any atom is -0.398 e. The number of hydrogen-bond acceptors (Lipinski definition) is 3. The maximum absolute atomic E-state index is 6.28. The Labute approximate surface area is 141 Å². The van der Waals surface area contributed by atoms with Crippen molar-refractivity contribution in [1.29, 1.82) is 0 Å². The second-order valence-corrected chi connectivity index (χ2v) is 6.31. The highest BCUT2D eigenvalue weighted by atomic mass is 35.5. The van der Waals surface area contributed by atoms with Gasteiger partial charge in [-0.05, 0) is 41.5 Å². The van der Waals surface area contributed by atoms with E-state index in [-0.39, 0.29) is 0 Å². The van der Waals surface area contributed by atoms with Gasteiger partial charge >= 0.3 is 0 Å². The summed E-state index contributed by atoms with van der Waals surface area (Å²) >= 11 is 12.6. The number of anilines is 2. The van der Waals surface area contributed by atoms with Crippen molar-refractivity contribution >= 4 is 34.6 Å². The Hall–Kier alpha value is -1.42. The quantitative estimate of drug-likeness (QED) is 0.842. The first-order chi connectivity index (χ1) is 10.6. The third-order valence-corrected chi connectivity index (χ3v) is 4.75. The van der Waals surface area contributed by atoms with Crippen molar-refractivity contribution in [2.45, 2.75) is 6.42 Å². The van der Waals surface area contributed by atoms with Crippen LogP contribution in [0.15, 0.2) is 36.4 Å². The molecule has 0 aliphatic carbocycles. The average Bonchev–Trinajstić information content (AvgIpc) is 2.53. The summed E-state index contributed by atoms with van der Waals surface area (Å²) in [6.07, 6.45) is 0.643. The molecule has 116 valence electrons. The fourth-order valence-electron chi connectivity index (χ4n) is 2.76. The van der Waals surface area contributed by atoms with Gasteiger partial charge in [-0.2, -0.15) is 0 Å². The van der Waals surface area contributed by atoms with Gasteiger partial charge in [0.2, 0.25) is 0 Å². The first-order valence-corrected chi connectivity index (χ1v) is 8.17. The molecule has 2 aromatic rings. The Balaban J connectivity index is 1.90. The molecule has 3 N–H and O–H groups in total. The third-order valence-electron chi connectivity index (χ3n) is 4.04. The van der Waals surface area contributed by atoms with Crippen molar-refractivity contribution in [3.63, 3.8) is 0 Å². The Morgan fingerprint density at radius 1 is 1.05 bits per heavy atom. The number of nitrogens with two attached hydrogens (primary N) is 1. The van der Waals surface area contributed by atoms with E-state index in [1.807, 2.05) is 24.3 Å². The minimum absolute atomic E-state index is 0.643. The predicted molar refractivity (Wildman–Crippen MR) is 95.2 cm³/mol. The summed E-state index contributed by atoms with van der Waals surface area (Å²) < 4.78 is 0. The lowest BCUT2D eigenvalue weighted by Gasteiger charge is -2.30. The molecule has 3 rings (SSSR count). The highest BCUT2D eigenvalue weighted by Crippen LogP contribution is 2.30. The van der Waals surface area contributed by atoms with Crippen LogP contribution >= 0.6 is 23.2 Å². The maximum atomic E-state index is 6.28. The van der Waals surface area contributed by atoms with Crippen LogP contribution in [0.1, 0.15) is 11.1 Å². The van der Waals surface area contributed by atoms with Crippen LogP contribution in [0.2, 0.25) is 10.0 Å². The van der Waals surface area contributed by atoms with Crippen LogP contribution in [0, 0.1) is 0 Å². The van der Waals surface area contributed by atoms with Crippen molar-refractivity contribution in [3.8, 4) is 0 Å². The number of hydrogen-bond donors (Lipinski definition) is 2. The average molecular weight is 336 g/mol. The second-order valence-electron chi connectivity index (χ2n) is 5.50. The highest BCUT2D eigenvalue weighted by Gasteiger charge is 2.13. The van der Waals surface area contributed by atoms with Gasteiger partial charge in [-0.1, -0.05) is 29.3 Å². The van der Waals surface area contributed by atoms with Gasteiger partial charge in [0, 0.05) is 54.0 Å². The molecular weight excluding hydrogens is 317 g/mol. The molecule has 2 aromatic carbocycles. The molecule has 1 aliphatic heterocycles. The predicted octanol–water partition coefficient (Wildman–Crippen LogP) is 3.58. The van der Waals surface area contributed by atoms with Gasteiger partial charge in [0.25, 0.3) is 0 Å². The topological polar surface area (TPSA) is 41.3 Å². The lowest BCUT2D eigenvalue weighted by molar-refractivity contribution is 0.589. The van der Waals surface area contributed by atoms with Gasteiger partial charge in [0.05, 0.1) is 0 Å². The molecular formula is C17H19Cl2N3. The zero-order valence-corrected chi connectivity index (χ0v) is 13.8. The molecule has 0 aromatic heterocycles. The summed E-state index contributed by atoms with van der Waals surface area (Å²) in [4.78, 5) is 2.37. The molecule has 1 aliphatic rings. The van der Waals surface area contributed by atoms with Crippen molar-refractivity contribution in [2.75, 3.05) is 36.8 Å². The first kappa shape index (κ1) is 15.5. The fourth-order valence-corrected chi connectivity index (χ4v) is 3.29. The Morgan fingerprint density at radius 2 is 1.73 bits per heavy atom. The van der Waals surface area contributed by atoms with Gasteiger partial charge in [0.1, 0.15) is 0 Å². The van der Waals surface area contributed by atoms with E-state index < -0.39 is 0 Å². The Bertz CT molecular complexity index is 647. The van der Waals surface area contributed by atoms with Crippen LogP contribution in [0.3, 0.4) is 0 Å². The van der Waals surface area contributed by atoms with Crippen molar-refractivity contribution in [2.24, 2.45) is 0 Å². The van der Waals surface area contributed by atoms with E-state index in [2.05, 4.69) is 22.3 Å². The highest BCUT2D eigenvalue weighted by molar-refractivity contribution is 6.36. The van der Waals surface area contributed by atoms with E-state index in [4.69, 9.17) is 28.9 Å². The number of benzene rings is 2. The summed E-state index contributed by atoms with van der Waals surface area (Å²) in [5, 5.41) is 4.72. The molecule has 0 spiro atoms.